The molecule has 1 aromatic rings. The van der Waals surface area contributed by atoms with Crippen molar-refractivity contribution in [3.05, 3.63) is 35.4 Å². The molecule has 1 aromatic carbocycles. The lowest BCUT2D eigenvalue weighted by Gasteiger charge is -2.28. The van der Waals surface area contributed by atoms with Crippen LogP contribution in [0.4, 0.5) is 13.2 Å². The van der Waals surface area contributed by atoms with E-state index in [4.69, 9.17) is 0 Å². The Morgan fingerprint density at radius 1 is 1.28 bits per heavy atom. The molecular formula is C14H18F3N. The van der Waals surface area contributed by atoms with Crippen molar-refractivity contribution < 1.29 is 13.2 Å². The van der Waals surface area contributed by atoms with E-state index in [-0.39, 0.29) is 0 Å². The molecule has 0 saturated carbocycles. The van der Waals surface area contributed by atoms with Crippen LogP contribution >= 0.6 is 0 Å². The second kappa shape index (κ2) is 5.31. The van der Waals surface area contributed by atoms with Crippen LogP contribution in [-0.4, -0.2) is 12.6 Å². The van der Waals surface area contributed by atoms with Gasteiger partial charge in [0.2, 0.25) is 0 Å². The summed E-state index contributed by atoms with van der Waals surface area (Å²) in [7, 11) is 0. The number of hydrogen-bond donors (Lipinski definition) is 1. The summed E-state index contributed by atoms with van der Waals surface area (Å²) in [5, 5.41) is 3.39. The van der Waals surface area contributed by atoms with E-state index in [1.165, 1.54) is 12.1 Å². The van der Waals surface area contributed by atoms with Gasteiger partial charge in [-0.3, -0.25) is 0 Å². The van der Waals surface area contributed by atoms with Gasteiger partial charge in [-0.1, -0.05) is 25.1 Å². The smallest absolute Gasteiger partial charge is 0.313 e. The summed E-state index contributed by atoms with van der Waals surface area (Å²) >= 11 is 0. The molecule has 1 aliphatic heterocycles. The predicted molar refractivity (Wildman–Crippen MR) is 65.3 cm³/mol. The second-order valence-corrected chi connectivity index (χ2v) is 5.19. The zero-order valence-electron chi connectivity index (χ0n) is 10.4. The molecule has 2 atom stereocenters. The maximum absolute atomic E-state index is 12.6. The zero-order valence-corrected chi connectivity index (χ0v) is 10.4. The highest BCUT2D eigenvalue weighted by molar-refractivity contribution is 5.26. The van der Waals surface area contributed by atoms with Crippen molar-refractivity contribution in [3.8, 4) is 0 Å². The van der Waals surface area contributed by atoms with Crippen LogP contribution in [-0.2, 0) is 12.6 Å². The van der Waals surface area contributed by atoms with Crippen LogP contribution in [0.5, 0.6) is 0 Å². The van der Waals surface area contributed by atoms with Gasteiger partial charge >= 0.3 is 6.18 Å². The SMILES string of the molecule is CC1CCC(Cc2cccc(C(F)(F)F)c2)NC1. The molecule has 18 heavy (non-hydrogen) atoms. The van der Waals surface area contributed by atoms with Gasteiger partial charge in [-0.15, -0.1) is 0 Å². The Balaban J connectivity index is 2.01. The first-order valence-corrected chi connectivity index (χ1v) is 6.34. The lowest BCUT2D eigenvalue weighted by Crippen LogP contribution is -2.39. The van der Waals surface area contributed by atoms with E-state index in [9.17, 15) is 13.2 Å². The monoisotopic (exact) mass is 257 g/mol. The lowest BCUT2D eigenvalue weighted by molar-refractivity contribution is -0.137. The number of nitrogens with one attached hydrogen (secondary N) is 1. The fourth-order valence-electron chi connectivity index (χ4n) is 2.39. The molecule has 0 amide bonds. The number of alkyl halides is 3. The fourth-order valence-corrected chi connectivity index (χ4v) is 2.39. The third-order valence-electron chi connectivity index (χ3n) is 3.50. The highest BCUT2D eigenvalue weighted by Crippen LogP contribution is 2.30. The first kappa shape index (κ1) is 13.4. The van der Waals surface area contributed by atoms with Crippen molar-refractivity contribution in [2.24, 2.45) is 5.92 Å². The molecule has 0 aromatic heterocycles. The summed E-state index contributed by atoms with van der Waals surface area (Å²) in [6.07, 6.45) is -1.38. The largest absolute Gasteiger partial charge is 0.416 e. The highest BCUT2D eigenvalue weighted by atomic mass is 19.4. The van der Waals surface area contributed by atoms with Crippen molar-refractivity contribution in [2.75, 3.05) is 6.54 Å². The number of piperidine rings is 1. The Morgan fingerprint density at radius 3 is 2.67 bits per heavy atom. The molecule has 0 aliphatic carbocycles. The van der Waals surface area contributed by atoms with Crippen molar-refractivity contribution in [2.45, 2.75) is 38.4 Å². The minimum Gasteiger partial charge on any atom is -0.313 e. The van der Waals surface area contributed by atoms with E-state index in [1.54, 1.807) is 6.07 Å². The molecule has 0 radical (unpaired) electrons. The maximum Gasteiger partial charge on any atom is 0.416 e. The molecule has 4 heteroatoms. The Kier molecular flexibility index (Phi) is 3.95. The molecular weight excluding hydrogens is 239 g/mol. The summed E-state index contributed by atoms with van der Waals surface area (Å²) in [4.78, 5) is 0. The molecule has 0 bridgehead atoms. The van der Waals surface area contributed by atoms with Gasteiger partial charge in [0, 0.05) is 6.04 Å². The summed E-state index contributed by atoms with van der Waals surface area (Å²) in [6.45, 7) is 3.15. The number of hydrogen-bond acceptors (Lipinski definition) is 1. The van der Waals surface area contributed by atoms with Crippen LogP contribution in [0.1, 0.15) is 30.9 Å². The first-order chi connectivity index (χ1) is 8.45. The summed E-state index contributed by atoms with van der Waals surface area (Å²) < 4.78 is 37.7. The zero-order chi connectivity index (χ0) is 13.2. The Hall–Kier alpha value is -1.03. The minimum atomic E-state index is -4.25. The molecule has 1 heterocycles. The quantitative estimate of drug-likeness (QED) is 0.853. The number of halogens is 3. The standard InChI is InChI=1S/C14H18F3N/c1-10-5-6-13(18-9-10)8-11-3-2-4-12(7-11)14(15,16)17/h2-4,7,10,13,18H,5-6,8-9H2,1H3. The molecule has 2 unspecified atom stereocenters. The van der Waals surface area contributed by atoms with Gasteiger partial charge in [-0.25, -0.2) is 0 Å². The minimum absolute atomic E-state index is 0.310. The van der Waals surface area contributed by atoms with Crippen molar-refractivity contribution in [1.29, 1.82) is 0 Å². The molecule has 1 fully saturated rings. The Morgan fingerprint density at radius 2 is 2.06 bits per heavy atom. The molecule has 1 nitrogen and oxygen atoms in total. The van der Waals surface area contributed by atoms with Gasteiger partial charge in [-0.2, -0.15) is 13.2 Å². The molecule has 1 saturated heterocycles. The fraction of sp³-hybridized carbons (Fsp3) is 0.571. The van der Waals surface area contributed by atoms with Crippen LogP contribution in [0.2, 0.25) is 0 Å². The average molecular weight is 257 g/mol. The van der Waals surface area contributed by atoms with E-state index in [1.807, 2.05) is 0 Å². The third-order valence-corrected chi connectivity index (χ3v) is 3.50. The molecule has 0 spiro atoms. The predicted octanol–water partition coefficient (Wildman–Crippen LogP) is 3.64. The lowest BCUT2D eigenvalue weighted by atomic mass is 9.92. The molecule has 1 aliphatic rings. The summed E-state index contributed by atoms with van der Waals surface area (Å²) in [5.41, 5.74) is 0.209. The second-order valence-electron chi connectivity index (χ2n) is 5.19. The van der Waals surface area contributed by atoms with Gasteiger partial charge in [0.15, 0.2) is 0 Å². The van der Waals surface area contributed by atoms with E-state index in [2.05, 4.69) is 12.2 Å². The van der Waals surface area contributed by atoms with Crippen LogP contribution < -0.4 is 5.32 Å². The van der Waals surface area contributed by atoms with Crippen molar-refractivity contribution in [3.63, 3.8) is 0 Å². The van der Waals surface area contributed by atoms with Crippen LogP contribution in [0, 0.1) is 5.92 Å². The normalized spacial score (nSPS) is 25.1. The average Bonchev–Trinajstić information content (AvgIpc) is 2.31. The molecule has 100 valence electrons. The van der Waals surface area contributed by atoms with E-state index < -0.39 is 11.7 Å². The topological polar surface area (TPSA) is 12.0 Å². The van der Waals surface area contributed by atoms with E-state index in [0.29, 0.717) is 18.4 Å². The number of benzene rings is 1. The van der Waals surface area contributed by atoms with Gasteiger partial charge < -0.3 is 5.32 Å². The van der Waals surface area contributed by atoms with Crippen LogP contribution in [0.15, 0.2) is 24.3 Å². The molecule has 1 N–H and O–H groups in total. The van der Waals surface area contributed by atoms with E-state index in [0.717, 1.165) is 31.0 Å². The molecule has 2 rings (SSSR count). The van der Waals surface area contributed by atoms with Crippen LogP contribution in [0.25, 0.3) is 0 Å². The van der Waals surface area contributed by atoms with Gasteiger partial charge in [0.05, 0.1) is 5.56 Å². The highest BCUT2D eigenvalue weighted by Gasteiger charge is 2.30. The Bertz CT molecular complexity index is 392. The first-order valence-electron chi connectivity index (χ1n) is 6.34. The maximum atomic E-state index is 12.6. The van der Waals surface area contributed by atoms with Crippen LogP contribution in [0.3, 0.4) is 0 Å². The van der Waals surface area contributed by atoms with Crippen molar-refractivity contribution in [1.82, 2.24) is 5.32 Å². The summed E-state index contributed by atoms with van der Waals surface area (Å²) in [6, 6.07) is 5.96. The third kappa shape index (κ3) is 3.48. The number of rotatable bonds is 2. The Labute approximate surface area is 105 Å². The van der Waals surface area contributed by atoms with E-state index >= 15 is 0 Å². The van der Waals surface area contributed by atoms with Gasteiger partial charge in [0.1, 0.15) is 0 Å². The summed E-state index contributed by atoms with van der Waals surface area (Å²) in [5.74, 6) is 0.669. The van der Waals surface area contributed by atoms with Gasteiger partial charge in [0.25, 0.3) is 0 Å². The van der Waals surface area contributed by atoms with Crippen molar-refractivity contribution >= 4 is 0 Å². The van der Waals surface area contributed by atoms with Gasteiger partial charge in [-0.05, 0) is 43.4 Å².